The average Bonchev–Trinajstić information content (AvgIpc) is 2.30. The van der Waals surface area contributed by atoms with E-state index in [9.17, 15) is 0 Å². The molecule has 0 heteroatoms. The molecule has 17 heavy (non-hydrogen) atoms. The summed E-state index contributed by atoms with van der Waals surface area (Å²) < 4.78 is 0. The Bertz CT molecular complexity index is 306. The summed E-state index contributed by atoms with van der Waals surface area (Å²) in [4.78, 5) is 0. The zero-order chi connectivity index (χ0) is 13.1. The lowest BCUT2D eigenvalue weighted by Gasteiger charge is -1.98. The molecular weight excluding hydrogens is 204 g/mol. The first kappa shape index (κ1) is 16.0. The fourth-order valence-electron chi connectivity index (χ4n) is 1.59. The lowest BCUT2D eigenvalue weighted by atomic mass is 10.1. The van der Waals surface area contributed by atoms with Crippen molar-refractivity contribution < 1.29 is 0 Å². The fraction of sp³-hybridized carbons (Fsp3) is 0.529. The number of unbranched alkanes of at least 4 members (excludes halogenated alkanes) is 4. The second-order valence-electron chi connectivity index (χ2n) is 4.71. The molecule has 0 heterocycles. The largest absolute Gasteiger partial charge is 0.0955 e. The van der Waals surface area contributed by atoms with E-state index < -0.39 is 0 Å². The van der Waals surface area contributed by atoms with Gasteiger partial charge in [-0.2, -0.15) is 0 Å². The Morgan fingerprint density at radius 3 is 2.00 bits per heavy atom. The molecule has 0 N–H and O–H groups in total. The third kappa shape index (κ3) is 8.74. The van der Waals surface area contributed by atoms with Gasteiger partial charge in [-0.15, -0.1) is 0 Å². The molecule has 0 saturated heterocycles. The average molecular weight is 232 g/mol. The Morgan fingerprint density at radius 2 is 1.65 bits per heavy atom. The molecule has 1 aromatic carbocycles. The van der Waals surface area contributed by atoms with Crippen LogP contribution in [0.2, 0.25) is 0 Å². The van der Waals surface area contributed by atoms with Crippen molar-refractivity contribution in [1.82, 2.24) is 0 Å². The van der Waals surface area contributed by atoms with Crippen LogP contribution in [0.4, 0.5) is 0 Å². The third-order valence-corrected chi connectivity index (χ3v) is 2.72. The van der Waals surface area contributed by atoms with Crippen LogP contribution in [0, 0.1) is 6.92 Å². The van der Waals surface area contributed by atoms with E-state index in [0.717, 1.165) is 5.57 Å². The van der Waals surface area contributed by atoms with Crippen LogP contribution in [0.25, 0.3) is 5.57 Å². The highest BCUT2D eigenvalue weighted by atomic mass is 14.0. The Balaban J connectivity index is 0.000000325. The lowest BCUT2D eigenvalue weighted by molar-refractivity contribution is 0.656. The maximum atomic E-state index is 3.87. The maximum Gasteiger partial charge on any atom is -0.0231 e. The van der Waals surface area contributed by atoms with Gasteiger partial charge in [0.25, 0.3) is 0 Å². The normalized spacial score (nSPS) is 9.41. The summed E-state index contributed by atoms with van der Waals surface area (Å²) in [6.45, 7) is 12.5. The standard InChI is InChI=1S/C10H12.C7H16/c1-8(2)10-6-4-5-9(3)7-10;1-3-5-7-6-4-2/h4-7H,1H2,2-3H3;3-7H2,1-2H3. The Hall–Kier alpha value is -1.04. The summed E-state index contributed by atoms with van der Waals surface area (Å²) in [6.07, 6.45) is 7.01. The summed E-state index contributed by atoms with van der Waals surface area (Å²) in [5.41, 5.74) is 3.66. The quantitative estimate of drug-likeness (QED) is 0.546. The van der Waals surface area contributed by atoms with E-state index in [4.69, 9.17) is 0 Å². The molecule has 0 atom stereocenters. The van der Waals surface area contributed by atoms with Gasteiger partial charge >= 0.3 is 0 Å². The molecule has 0 bridgehead atoms. The molecule has 96 valence electrons. The molecule has 0 aliphatic heterocycles. The first-order valence-corrected chi connectivity index (χ1v) is 6.84. The molecule has 0 spiro atoms. The van der Waals surface area contributed by atoms with Crippen LogP contribution in [-0.4, -0.2) is 0 Å². The molecule has 0 saturated carbocycles. The Morgan fingerprint density at radius 1 is 1.06 bits per heavy atom. The molecule has 0 aromatic heterocycles. The van der Waals surface area contributed by atoms with Gasteiger partial charge in [0.2, 0.25) is 0 Å². The van der Waals surface area contributed by atoms with Crippen LogP contribution < -0.4 is 0 Å². The summed E-state index contributed by atoms with van der Waals surface area (Å²) in [6, 6.07) is 8.36. The van der Waals surface area contributed by atoms with Crippen molar-refractivity contribution in [2.75, 3.05) is 0 Å². The predicted molar refractivity (Wildman–Crippen MR) is 80.3 cm³/mol. The lowest BCUT2D eigenvalue weighted by Crippen LogP contribution is -1.77. The van der Waals surface area contributed by atoms with Crippen LogP contribution in [0.3, 0.4) is 0 Å². The van der Waals surface area contributed by atoms with Crippen LogP contribution >= 0.6 is 0 Å². The predicted octanol–water partition coefficient (Wildman–Crippen LogP) is 6.00. The van der Waals surface area contributed by atoms with Crippen LogP contribution in [0.1, 0.15) is 64.0 Å². The summed E-state index contributed by atoms with van der Waals surface area (Å²) in [5, 5.41) is 0. The number of allylic oxidation sites excluding steroid dienone is 1. The van der Waals surface area contributed by atoms with Crippen molar-refractivity contribution in [2.24, 2.45) is 0 Å². The first-order chi connectivity index (χ1) is 8.11. The molecule has 0 amide bonds. The van der Waals surface area contributed by atoms with Gasteiger partial charge in [0.05, 0.1) is 0 Å². The molecule has 0 nitrogen and oxygen atoms in total. The van der Waals surface area contributed by atoms with E-state index in [2.05, 4.69) is 51.6 Å². The summed E-state index contributed by atoms with van der Waals surface area (Å²) >= 11 is 0. The van der Waals surface area contributed by atoms with Gasteiger partial charge in [0.15, 0.2) is 0 Å². The van der Waals surface area contributed by atoms with Crippen molar-refractivity contribution in [3.05, 3.63) is 42.0 Å². The monoisotopic (exact) mass is 232 g/mol. The zero-order valence-electron chi connectivity index (χ0n) is 12.1. The first-order valence-electron chi connectivity index (χ1n) is 6.84. The molecule has 0 fully saturated rings. The third-order valence-electron chi connectivity index (χ3n) is 2.72. The number of aryl methyl sites for hydroxylation is 1. The molecule has 0 aliphatic rings. The van der Waals surface area contributed by atoms with Crippen molar-refractivity contribution in [3.63, 3.8) is 0 Å². The highest BCUT2D eigenvalue weighted by Gasteiger charge is 1.90. The maximum absolute atomic E-state index is 3.87. The summed E-state index contributed by atoms with van der Waals surface area (Å²) in [7, 11) is 0. The number of hydrogen-bond donors (Lipinski definition) is 0. The van der Waals surface area contributed by atoms with Gasteiger partial charge < -0.3 is 0 Å². The smallest absolute Gasteiger partial charge is 0.0231 e. The number of benzene rings is 1. The van der Waals surface area contributed by atoms with Gasteiger partial charge in [0, 0.05) is 0 Å². The topological polar surface area (TPSA) is 0 Å². The Labute approximate surface area is 108 Å². The van der Waals surface area contributed by atoms with Crippen molar-refractivity contribution in [3.8, 4) is 0 Å². The molecular formula is C17H28. The van der Waals surface area contributed by atoms with Gasteiger partial charge in [-0.3, -0.25) is 0 Å². The van der Waals surface area contributed by atoms with Gasteiger partial charge in [-0.25, -0.2) is 0 Å². The SMILES string of the molecule is C=C(C)c1cccc(C)c1.CCCCCCC. The number of rotatable bonds is 5. The highest BCUT2D eigenvalue weighted by Crippen LogP contribution is 2.11. The van der Waals surface area contributed by atoms with E-state index in [-0.39, 0.29) is 0 Å². The van der Waals surface area contributed by atoms with E-state index in [1.165, 1.54) is 43.2 Å². The van der Waals surface area contributed by atoms with Crippen LogP contribution in [0.15, 0.2) is 30.8 Å². The second-order valence-corrected chi connectivity index (χ2v) is 4.71. The second kappa shape index (κ2) is 10.1. The highest BCUT2D eigenvalue weighted by molar-refractivity contribution is 5.61. The number of hydrogen-bond acceptors (Lipinski definition) is 0. The van der Waals surface area contributed by atoms with Gasteiger partial charge in [0.1, 0.15) is 0 Å². The molecule has 1 aromatic rings. The fourth-order valence-corrected chi connectivity index (χ4v) is 1.59. The molecule has 1 rings (SSSR count). The molecule has 0 radical (unpaired) electrons. The van der Waals surface area contributed by atoms with Crippen LogP contribution in [0.5, 0.6) is 0 Å². The van der Waals surface area contributed by atoms with Crippen LogP contribution in [-0.2, 0) is 0 Å². The van der Waals surface area contributed by atoms with E-state index in [1.54, 1.807) is 0 Å². The van der Waals surface area contributed by atoms with E-state index in [0.29, 0.717) is 0 Å². The van der Waals surface area contributed by atoms with Crippen molar-refractivity contribution in [2.45, 2.75) is 59.8 Å². The summed E-state index contributed by atoms with van der Waals surface area (Å²) in [5.74, 6) is 0. The zero-order valence-corrected chi connectivity index (χ0v) is 12.1. The van der Waals surface area contributed by atoms with Gasteiger partial charge in [-0.05, 0) is 19.4 Å². The molecule has 0 unspecified atom stereocenters. The minimum atomic E-state index is 1.13. The molecule has 0 aliphatic carbocycles. The van der Waals surface area contributed by atoms with E-state index >= 15 is 0 Å². The minimum Gasteiger partial charge on any atom is -0.0955 e. The minimum absolute atomic E-state index is 1.13. The van der Waals surface area contributed by atoms with Crippen molar-refractivity contribution in [1.29, 1.82) is 0 Å². The van der Waals surface area contributed by atoms with Crippen molar-refractivity contribution >= 4 is 5.57 Å². The Kier molecular flexibility index (Phi) is 9.52. The van der Waals surface area contributed by atoms with E-state index in [1.807, 2.05) is 6.92 Å². The van der Waals surface area contributed by atoms with Gasteiger partial charge in [-0.1, -0.05) is 87.9 Å².